The number of halogens is 5. The second-order valence-electron chi connectivity index (χ2n) is 5.91. The van der Waals surface area contributed by atoms with Crippen molar-refractivity contribution < 1.29 is 22.0 Å². The third kappa shape index (κ3) is 2.88. The van der Waals surface area contributed by atoms with Crippen LogP contribution in [0.3, 0.4) is 0 Å². The molecule has 2 heterocycles. The molecule has 0 fully saturated rings. The average Bonchev–Trinajstić information content (AvgIpc) is 2.90. The van der Waals surface area contributed by atoms with Crippen molar-refractivity contribution in [2.24, 2.45) is 7.05 Å². The number of nitrogens with zero attached hydrogens (tertiary/aromatic N) is 3. The first-order chi connectivity index (χ1) is 13.0. The summed E-state index contributed by atoms with van der Waals surface area (Å²) in [4.78, 5) is 24.8. The molecule has 0 N–H and O–H groups in total. The first-order valence-corrected chi connectivity index (χ1v) is 8.04. The van der Waals surface area contributed by atoms with Gasteiger partial charge in [-0.3, -0.25) is 9.36 Å². The van der Waals surface area contributed by atoms with Crippen molar-refractivity contribution in [1.82, 2.24) is 9.13 Å². The van der Waals surface area contributed by atoms with Gasteiger partial charge < -0.3 is 4.42 Å². The number of rotatable bonds is 2. The van der Waals surface area contributed by atoms with Gasteiger partial charge in [-0.1, -0.05) is 11.6 Å². The van der Waals surface area contributed by atoms with E-state index in [-0.39, 0.29) is 43.4 Å². The van der Waals surface area contributed by atoms with E-state index in [1.807, 2.05) is 6.07 Å². The van der Waals surface area contributed by atoms with Gasteiger partial charge >= 0.3 is 11.9 Å². The van der Waals surface area contributed by atoms with E-state index in [2.05, 4.69) is 0 Å². The Kier molecular flexibility index (Phi) is 4.59. The minimum Gasteiger partial charge on any atom is -0.459 e. The summed E-state index contributed by atoms with van der Waals surface area (Å²) in [5.74, 6) is -0.948. The van der Waals surface area contributed by atoms with Gasteiger partial charge in [-0.05, 0) is 13.0 Å². The normalized spacial score (nSPS) is 11.8. The van der Waals surface area contributed by atoms with Gasteiger partial charge in [0.2, 0.25) is 0 Å². The molecule has 11 heteroatoms. The number of hydrogen-bond donors (Lipinski definition) is 0. The van der Waals surface area contributed by atoms with Gasteiger partial charge in [0, 0.05) is 24.1 Å². The summed E-state index contributed by atoms with van der Waals surface area (Å²) in [5, 5.41) is 8.93. The van der Waals surface area contributed by atoms with E-state index in [9.17, 15) is 27.2 Å². The largest absolute Gasteiger partial charge is 0.459 e. The monoisotopic (exact) mass is 415 g/mol. The molecule has 3 aromatic rings. The van der Waals surface area contributed by atoms with E-state index in [4.69, 9.17) is 21.3 Å². The lowest BCUT2D eigenvalue weighted by molar-refractivity contribution is -0.144. The molecular formula is C17H10ClF4N3O3. The minimum atomic E-state index is -4.96. The highest BCUT2D eigenvalue weighted by Gasteiger charge is 2.35. The van der Waals surface area contributed by atoms with Gasteiger partial charge in [-0.2, -0.15) is 18.4 Å². The number of nitriles is 1. The molecule has 146 valence electrons. The van der Waals surface area contributed by atoms with Gasteiger partial charge in [-0.25, -0.2) is 13.8 Å². The van der Waals surface area contributed by atoms with Crippen LogP contribution in [0.2, 0.25) is 5.02 Å². The van der Waals surface area contributed by atoms with E-state index >= 15 is 0 Å². The van der Waals surface area contributed by atoms with E-state index < -0.39 is 34.6 Å². The molecule has 1 aromatic carbocycles. The zero-order valence-electron chi connectivity index (χ0n) is 14.3. The molecule has 0 radical (unpaired) electrons. The molecule has 0 aliphatic heterocycles. The summed E-state index contributed by atoms with van der Waals surface area (Å²) in [7, 11) is 0.806. The van der Waals surface area contributed by atoms with E-state index in [0.29, 0.717) is 5.56 Å². The molecule has 0 aliphatic rings. The maximum absolute atomic E-state index is 14.7. The molecule has 0 saturated heterocycles. The smallest absolute Gasteiger partial charge is 0.431 e. The summed E-state index contributed by atoms with van der Waals surface area (Å²) in [6, 6.07) is 2.88. The molecule has 0 unspecified atom stereocenters. The Morgan fingerprint density at radius 2 is 1.93 bits per heavy atom. The third-order valence-electron chi connectivity index (χ3n) is 4.23. The van der Waals surface area contributed by atoms with Crippen molar-refractivity contribution in [3.05, 3.63) is 60.8 Å². The average molecular weight is 416 g/mol. The molecule has 0 saturated carbocycles. The Bertz CT molecular complexity index is 1280. The Morgan fingerprint density at radius 1 is 1.29 bits per heavy atom. The lowest BCUT2D eigenvalue weighted by atomic mass is 10.1. The lowest BCUT2D eigenvalue weighted by Crippen LogP contribution is -2.41. The number of hydrogen-bond acceptors (Lipinski definition) is 4. The van der Waals surface area contributed by atoms with Crippen LogP contribution in [-0.2, 0) is 19.6 Å². The Labute approximate surface area is 158 Å². The molecule has 28 heavy (non-hydrogen) atoms. The van der Waals surface area contributed by atoms with E-state index in [0.717, 1.165) is 13.1 Å². The third-order valence-corrected chi connectivity index (χ3v) is 4.53. The quantitative estimate of drug-likeness (QED) is 0.600. The molecule has 3 rings (SSSR count). The molecule has 0 atom stereocenters. The zero-order valence-corrected chi connectivity index (χ0v) is 15.1. The molecule has 2 aromatic heterocycles. The minimum absolute atomic E-state index is 0.103. The van der Waals surface area contributed by atoms with Crippen molar-refractivity contribution in [3.63, 3.8) is 0 Å². The number of benzene rings is 1. The number of aryl methyl sites for hydroxylation is 1. The van der Waals surface area contributed by atoms with Crippen LogP contribution in [0.25, 0.3) is 16.7 Å². The Hall–Kier alpha value is -3.06. The van der Waals surface area contributed by atoms with E-state index in [1.54, 1.807) is 0 Å². The van der Waals surface area contributed by atoms with Gasteiger partial charge in [0.1, 0.15) is 17.1 Å². The van der Waals surface area contributed by atoms with Gasteiger partial charge in [0.15, 0.2) is 11.4 Å². The van der Waals surface area contributed by atoms with Crippen LogP contribution in [0.15, 0.2) is 26.1 Å². The maximum Gasteiger partial charge on any atom is 0.431 e. The summed E-state index contributed by atoms with van der Waals surface area (Å²) in [5.41, 5.74) is -4.96. The van der Waals surface area contributed by atoms with Crippen molar-refractivity contribution in [2.45, 2.75) is 19.5 Å². The molecular weight excluding hydrogens is 406 g/mol. The fourth-order valence-corrected chi connectivity index (χ4v) is 3.26. The van der Waals surface area contributed by atoms with Crippen LogP contribution in [0, 0.1) is 24.1 Å². The fourth-order valence-electron chi connectivity index (χ4n) is 2.96. The molecule has 0 bridgehead atoms. The lowest BCUT2D eigenvalue weighted by Gasteiger charge is -2.14. The van der Waals surface area contributed by atoms with Crippen molar-refractivity contribution in [3.8, 4) is 11.8 Å². The van der Waals surface area contributed by atoms with Crippen LogP contribution in [0.1, 0.15) is 17.0 Å². The van der Waals surface area contributed by atoms with Crippen molar-refractivity contribution in [1.29, 1.82) is 5.26 Å². The number of fused-ring (bicyclic) bond motifs is 1. The van der Waals surface area contributed by atoms with Crippen LogP contribution in [0.4, 0.5) is 17.6 Å². The van der Waals surface area contributed by atoms with Gasteiger partial charge in [-0.15, -0.1) is 0 Å². The predicted molar refractivity (Wildman–Crippen MR) is 91.1 cm³/mol. The van der Waals surface area contributed by atoms with Crippen LogP contribution in [0.5, 0.6) is 0 Å². The van der Waals surface area contributed by atoms with E-state index in [1.165, 1.54) is 6.92 Å². The standard InChI is InChI=1S/C17H10ClF4N3O3/c1-7-8(3-4-23)13-9(18)5-10(19)14(15(13)28-7)25-12(26)6-11(17(20,21)22)24(2)16(25)27/h5-6H,3H2,1-2H3. The number of aromatic nitrogens is 2. The first-order valence-electron chi connectivity index (χ1n) is 7.66. The number of furan rings is 1. The molecule has 0 amide bonds. The summed E-state index contributed by atoms with van der Waals surface area (Å²) in [6.07, 6.45) is -5.11. The zero-order chi connectivity index (χ0) is 21.0. The van der Waals surface area contributed by atoms with Crippen LogP contribution in [-0.4, -0.2) is 9.13 Å². The molecule has 0 aliphatic carbocycles. The first kappa shape index (κ1) is 19.7. The highest BCUT2D eigenvalue weighted by atomic mass is 35.5. The highest BCUT2D eigenvalue weighted by molar-refractivity contribution is 6.36. The van der Waals surface area contributed by atoms with Crippen LogP contribution < -0.4 is 11.2 Å². The summed E-state index contributed by atoms with van der Waals surface area (Å²) in [6.45, 7) is 1.47. The topological polar surface area (TPSA) is 80.9 Å². The van der Waals surface area contributed by atoms with Gasteiger partial charge in [0.25, 0.3) is 5.56 Å². The number of alkyl halides is 3. The second-order valence-corrected chi connectivity index (χ2v) is 6.31. The highest BCUT2D eigenvalue weighted by Crippen LogP contribution is 2.37. The van der Waals surface area contributed by atoms with Crippen LogP contribution >= 0.6 is 11.6 Å². The maximum atomic E-state index is 14.7. The second kappa shape index (κ2) is 6.53. The summed E-state index contributed by atoms with van der Waals surface area (Å²) >= 11 is 6.04. The Morgan fingerprint density at radius 3 is 2.50 bits per heavy atom. The Balaban J connectivity index is 2.49. The van der Waals surface area contributed by atoms with Crippen molar-refractivity contribution in [2.75, 3.05) is 0 Å². The SMILES string of the molecule is Cc1oc2c(-n3c(=O)cc(C(F)(F)F)n(C)c3=O)c(F)cc(Cl)c2c1CC#N. The molecule has 0 spiro atoms. The predicted octanol–water partition coefficient (Wildman–Crippen LogP) is 3.47. The molecule has 6 nitrogen and oxygen atoms in total. The van der Waals surface area contributed by atoms with Crippen molar-refractivity contribution >= 4 is 22.6 Å². The van der Waals surface area contributed by atoms with Gasteiger partial charge in [0.05, 0.1) is 17.5 Å². The fraction of sp³-hybridized carbons (Fsp3) is 0.235. The summed E-state index contributed by atoms with van der Waals surface area (Å²) < 4.78 is 59.6.